The van der Waals surface area contributed by atoms with Gasteiger partial charge in [0.1, 0.15) is 23.1 Å². The molecule has 0 unspecified atom stereocenters. The van der Waals surface area contributed by atoms with E-state index in [0.29, 0.717) is 41.5 Å². The Labute approximate surface area is 233 Å². The van der Waals surface area contributed by atoms with Gasteiger partial charge >= 0.3 is 51.4 Å². The standard InChI is InChI=1S/C22H24N6O4.K/c1-27-7-9-28(10-8-27)14-4-6-16(17(11-14)31-2)24-22-23-12-13-3-5-15-19(18(13)25-22)26-32-20(15)21(29)30;/h4,6,11-12H,3,5,7-10H2,1-2H3,(H,29,30)(H,23,24,25);/q;+1/p-1. The van der Waals surface area contributed by atoms with Crippen molar-refractivity contribution in [1.29, 1.82) is 0 Å². The first-order chi connectivity index (χ1) is 15.5. The summed E-state index contributed by atoms with van der Waals surface area (Å²) in [6.07, 6.45) is 2.83. The zero-order valence-electron chi connectivity index (χ0n) is 18.9. The second-order valence-electron chi connectivity index (χ2n) is 7.99. The summed E-state index contributed by atoms with van der Waals surface area (Å²) in [7, 11) is 3.76. The third-order valence-electron chi connectivity index (χ3n) is 6.01. The molecule has 0 saturated carbocycles. The van der Waals surface area contributed by atoms with Crippen LogP contribution in [0, 0.1) is 0 Å². The van der Waals surface area contributed by atoms with Gasteiger partial charge in [0, 0.05) is 49.7 Å². The summed E-state index contributed by atoms with van der Waals surface area (Å²) in [5.41, 5.74) is 4.22. The number of benzene rings is 1. The molecule has 1 saturated heterocycles. The molecule has 2 aliphatic rings. The third kappa shape index (κ3) is 4.79. The Morgan fingerprint density at radius 1 is 1.18 bits per heavy atom. The predicted octanol–water partition coefficient (Wildman–Crippen LogP) is -1.90. The number of fused-ring (bicyclic) bond motifs is 3. The Morgan fingerprint density at radius 3 is 2.70 bits per heavy atom. The number of carbonyl (C=O) groups is 1. The number of methoxy groups -OCH3 is 1. The average Bonchev–Trinajstić information content (AvgIpc) is 3.25. The Balaban J connectivity index is 0.00000259. The fourth-order valence-corrected chi connectivity index (χ4v) is 4.17. The van der Waals surface area contributed by atoms with E-state index < -0.39 is 5.97 Å². The second-order valence-corrected chi connectivity index (χ2v) is 7.99. The van der Waals surface area contributed by atoms with Crippen molar-refractivity contribution in [1.82, 2.24) is 20.0 Å². The fourth-order valence-electron chi connectivity index (χ4n) is 4.17. The van der Waals surface area contributed by atoms with Gasteiger partial charge in [-0.25, -0.2) is 9.97 Å². The summed E-state index contributed by atoms with van der Waals surface area (Å²) in [4.78, 5) is 24.9. The van der Waals surface area contributed by atoms with Gasteiger partial charge in [-0.3, -0.25) is 0 Å². The van der Waals surface area contributed by atoms with Crippen LogP contribution in [0.3, 0.4) is 0 Å². The summed E-state index contributed by atoms with van der Waals surface area (Å²) in [5, 5.41) is 18.4. The van der Waals surface area contributed by atoms with Gasteiger partial charge in [-0.2, -0.15) is 0 Å². The van der Waals surface area contributed by atoms with Crippen LogP contribution in [0.25, 0.3) is 11.4 Å². The first-order valence-electron chi connectivity index (χ1n) is 10.5. The minimum atomic E-state index is -1.38. The summed E-state index contributed by atoms with van der Waals surface area (Å²) < 4.78 is 10.6. The number of piperazine rings is 1. The number of aromatic nitrogens is 3. The van der Waals surface area contributed by atoms with Crippen LogP contribution >= 0.6 is 0 Å². The van der Waals surface area contributed by atoms with Crippen molar-refractivity contribution < 1.29 is 70.5 Å². The molecule has 10 nitrogen and oxygen atoms in total. The van der Waals surface area contributed by atoms with Gasteiger partial charge in [0.25, 0.3) is 0 Å². The van der Waals surface area contributed by atoms with Crippen molar-refractivity contribution in [3.05, 3.63) is 41.3 Å². The van der Waals surface area contributed by atoms with Gasteiger partial charge in [0.2, 0.25) is 5.95 Å². The Morgan fingerprint density at radius 2 is 1.97 bits per heavy atom. The van der Waals surface area contributed by atoms with E-state index in [1.807, 2.05) is 12.1 Å². The summed E-state index contributed by atoms with van der Waals surface area (Å²) in [5.74, 6) is -0.566. The largest absolute Gasteiger partial charge is 1.00 e. The predicted molar refractivity (Wildman–Crippen MR) is 115 cm³/mol. The summed E-state index contributed by atoms with van der Waals surface area (Å²) in [6, 6.07) is 6.01. The number of hydrogen-bond acceptors (Lipinski definition) is 10. The quantitative estimate of drug-likeness (QED) is 0.420. The van der Waals surface area contributed by atoms with E-state index in [-0.39, 0.29) is 57.1 Å². The van der Waals surface area contributed by atoms with E-state index in [1.165, 1.54) is 0 Å². The number of hydrogen-bond donors (Lipinski definition) is 1. The van der Waals surface area contributed by atoms with Gasteiger partial charge in [-0.1, -0.05) is 5.16 Å². The molecule has 0 atom stereocenters. The maximum Gasteiger partial charge on any atom is 1.00 e. The number of carboxylic acids is 1. The number of aryl methyl sites for hydroxylation is 1. The van der Waals surface area contributed by atoms with Gasteiger partial charge < -0.3 is 34.3 Å². The Hall–Kier alpha value is -2.02. The summed E-state index contributed by atoms with van der Waals surface area (Å²) in [6.45, 7) is 3.98. The molecule has 1 aromatic carbocycles. The molecule has 0 amide bonds. The number of likely N-dealkylation sites (N-methyl/N-ethyl adjacent to an activating group) is 1. The average molecular weight is 475 g/mol. The van der Waals surface area contributed by atoms with Crippen molar-refractivity contribution in [3.8, 4) is 17.1 Å². The molecule has 11 heteroatoms. The van der Waals surface area contributed by atoms with Crippen molar-refractivity contribution in [2.45, 2.75) is 12.8 Å². The topological polar surface area (TPSA) is 120 Å². The van der Waals surface area contributed by atoms with Gasteiger partial charge in [0.05, 0.1) is 12.8 Å². The maximum absolute atomic E-state index is 11.3. The SMILES string of the molecule is COc1cc(N2CCN(C)CC2)ccc1Nc1ncc2c(n1)-c1noc(C(=O)[O-])c1CC2.[K+]. The van der Waals surface area contributed by atoms with Crippen LogP contribution in [0.4, 0.5) is 17.3 Å². The van der Waals surface area contributed by atoms with Crippen LogP contribution in [-0.2, 0) is 12.8 Å². The van der Waals surface area contributed by atoms with Crippen molar-refractivity contribution in [2.75, 3.05) is 50.6 Å². The zero-order valence-corrected chi connectivity index (χ0v) is 22.0. The van der Waals surface area contributed by atoms with Gasteiger partial charge in [0.15, 0.2) is 5.76 Å². The number of nitrogens with one attached hydrogen (secondary N) is 1. The third-order valence-corrected chi connectivity index (χ3v) is 6.01. The molecule has 3 heterocycles. The molecular formula is C22H23KN6O4. The molecule has 1 N–H and O–H groups in total. The normalized spacial score (nSPS) is 15.3. The number of aromatic carboxylic acids is 1. The van der Waals surface area contributed by atoms with Crippen molar-refractivity contribution >= 4 is 23.3 Å². The fraction of sp³-hybridized carbons (Fsp3) is 0.364. The molecule has 0 bridgehead atoms. The minimum Gasteiger partial charge on any atom is -0.541 e. The van der Waals surface area contributed by atoms with Crippen LogP contribution in [0.5, 0.6) is 5.75 Å². The molecule has 0 spiro atoms. The number of anilines is 3. The number of ether oxygens (including phenoxy) is 1. The van der Waals surface area contributed by atoms with Crippen LogP contribution in [0.1, 0.15) is 21.7 Å². The van der Waals surface area contributed by atoms with Crippen LogP contribution in [-0.4, -0.2) is 66.3 Å². The van der Waals surface area contributed by atoms with Gasteiger partial charge in [-0.05, 0) is 37.6 Å². The molecule has 0 radical (unpaired) electrons. The van der Waals surface area contributed by atoms with Crippen molar-refractivity contribution in [2.24, 2.45) is 0 Å². The second kappa shape index (κ2) is 10.1. The van der Waals surface area contributed by atoms with Crippen molar-refractivity contribution in [3.63, 3.8) is 0 Å². The maximum atomic E-state index is 11.3. The molecule has 166 valence electrons. The molecule has 2 aromatic heterocycles. The zero-order chi connectivity index (χ0) is 22.2. The molecule has 1 fully saturated rings. The van der Waals surface area contributed by atoms with E-state index in [2.05, 4.69) is 43.4 Å². The molecule has 33 heavy (non-hydrogen) atoms. The number of rotatable bonds is 5. The minimum absolute atomic E-state index is 0. The number of carboxylic acid groups (broad SMARTS) is 1. The van der Waals surface area contributed by atoms with E-state index in [4.69, 9.17) is 9.26 Å². The number of nitrogens with zero attached hydrogens (tertiary/aromatic N) is 5. The Kier molecular flexibility index (Phi) is 7.36. The summed E-state index contributed by atoms with van der Waals surface area (Å²) >= 11 is 0. The van der Waals surface area contributed by atoms with Crippen LogP contribution in [0.15, 0.2) is 28.9 Å². The molecule has 5 rings (SSSR count). The van der Waals surface area contributed by atoms with E-state index in [9.17, 15) is 9.90 Å². The van der Waals surface area contributed by atoms with Crippen LogP contribution < -0.4 is 71.4 Å². The molecule has 1 aliphatic heterocycles. The van der Waals surface area contributed by atoms with E-state index in [1.54, 1.807) is 13.3 Å². The van der Waals surface area contributed by atoms with E-state index in [0.717, 1.165) is 43.1 Å². The molecule has 3 aromatic rings. The van der Waals surface area contributed by atoms with E-state index >= 15 is 0 Å². The molecular weight excluding hydrogens is 451 g/mol. The monoisotopic (exact) mass is 474 g/mol. The first kappa shape index (κ1) is 24.1. The molecule has 1 aliphatic carbocycles. The number of carbonyl (C=O) groups excluding carboxylic acids is 1. The smallest absolute Gasteiger partial charge is 0.541 e. The Bertz CT molecular complexity index is 1180. The first-order valence-corrected chi connectivity index (χ1v) is 10.5. The van der Waals surface area contributed by atoms with Gasteiger partial charge in [-0.15, -0.1) is 0 Å². The van der Waals surface area contributed by atoms with Crippen LogP contribution in [0.2, 0.25) is 0 Å².